The first-order chi connectivity index (χ1) is 7.54. The van der Waals surface area contributed by atoms with Gasteiger partial charge in [0.05, 0.1) is 0 Å². The van der Waals surface area contributed by atoms with Crippen molar-refractivity contribution in [1.29, 1.82) is 0 Å². The van der Waals surface area contributed by atoms with Gasteiger partial charge in [0, 0.05) is 13.2 Å². The van der Waals surface area contributed by atoms with Crippen LogP contribution in [-0.2, 0) is 4.74 Å². The van der Waals surface area contributed by atoms with E-state index in [0.717, 1.165) is 32.6 Å². The number of rotatable bonds is 6. The molecule has 1 saturated carbocycles. The Labute approximate surface area is 101 Å². The van der Waals surface area contributed by atoms with E-state index >= 15 is 0 Å². The van der Waals surface area contributed by atoms with Crippen LogP contribution in [0.25, 0.3) is 0 Å². The van der Waals surface area contributed by atoms with E-state index in [-0.39, 0.29) is 0 Å². The summed E-state index contributed by atoms with van der Waals surface area (Å²) in [6, 6.07) is 0. The molecular weight excluding hydrogens is 198 g/mol. The van der Waals surface area contributed by atoms with Gasteiger partial charge >= 0.3 is 0 Å². The summed E-state index contributed by atoms with van der Waals surface area (Å²) in [5.41, 5.74) is 6.89. The van der Waals surface area contributed by atoms with Gasteiger partial charge in [-0.2, -0.15) is 0 Å². The zero-order valence-corrected chi connectivity index (χ0v) is 11.3. The molecule has 96 valence electrons. The van der Waals surface area contributed by atoms with E-state index in [1.54, 1.807) is 0 Å². The van der Waals surface area contributed by atoms with Crippen LogP contribution in [0.15, 0.2) is 0 Å². The van der Waals surface area contributed by atoms with Gasteiger partial charge in [-0.25, -0.2) is 0 Å². The van der Waals surface area contributed by atoms with Crippen molar-refractivity contribution in [1.82, 2.24) is 0 Å². The fourth-order valence-electron chi connectivity index (χ4n) is 2.55. The molecule has 2 N–H and O–H groups in total. The van der Waals surface area contributed by atoms with E-state index in [9.17, 15) is 0 Å². The topological polar surface area (TPSA) is 35.2 Å². The van der Waals surface area contributed by atoms with Crippen LogP contribution in [0, 0.1) is 10.8 Å². The summed E-state index contributed by atoms with van der Waals surface area (Å²) >= 11 is 0. The van der Waals surface area contributed by atoms with E-state index in [1.807, 2.05) is 0 Å². The Kier molecular flexibility index (Phi) is 5.26. The number of nitrogens with two attached hydrogens (primary N) is 1. The van der Waals surface area contributed by atoms with Crippen molar-refractivity contribution >= 4 is 0 Å². The third-order valence-electron chi connectivity index (χ3n) is 4.22. The van der Waals surface area contributed by atoms with Crippen molar-refractivity contribution in [2.75, 3.05) is 19.8 Å². The Balaban J connectivity index is 2.34. The Morgan fingerprint density at radius 2 is 1.69 bits per heavy atom. The lowest BCUT2D eigenvalue weighted by Gasteiger charge is -2.43. The smallest absolute Gasteiger partial charge is 0.0471 e. The van der Waals surface area contributed by atoms with E-state index in [0.29, 0.717) is 10.8 Å². The van der Waals surface area contributed by atoms with Crippen LogP contribution in [0.3, 0.4) is 0 Å². The van der Waals surface area contributed by atoms with Gasteiger partial charge < -0.3 is 10.5 Å². The third-order valence-corrected chi connectivity index (χ3v) is 4.22. The molecule has 1 fully saturated rings. The predicted octanol–water partition coefficient (Wildman–Crippen LogP) is 3.35. The van der Waals surface area contributed by atoms with E-state index in [2.05, 4.69) is 20.8 Å². The zero-order chi connectivity index (χ0) is 12.1. The van der Waals surface area contributed by atoms with E-state index in [1.165, 1.54) is 25.7 Å². The lowest BCUT2D eigenvalue weighted by molar-refractivity contribution is 0.0508. The molecule has 0 aromatic rings. The highest BCUT2D eigenvalue weighted by atomic mass is 16.5. The van der Waals surface area contributed by atoms with Gasteiger partial charge in [0.25, 0.3) is 0 Å². The van der Waals surface area contributed by atoms with Gasteiger partial charge in [-0.3, -0.25) is 0 Å². The van der Waals surface area contributed by atoms with Crippen molar-refractivity contribution in [2.45, 2.75) is 59.3 Å². The molecular formula is C14H29NO. The van der Waals surface area contributed by atoms with Gasteiger partial charge in [-0.1, -0.05) is 20.8 Å². The van der Waals surface area contributed by atoms with Gasteiger partial charge in [0.1, 0.15) is 0 Å². The molecule has 0 atom stereocenters. The number of hydrogen-bond acceptors (Lipinski definition) is 2. The van der Waals surface area contributed by atoms with Crippen LogP contribution in [0.5, 0.6) is 0 Å². The summed E-state index contributed by atoms with van der Waals surface area (Å²) in [4.78, 5) is 0. The minimum Gasteiger partial charge on any atom is -0.381 e. The first kappa shape index (κ1) is 14.0. The molecule has 1 rings (SSSR count). The lowest BCUT2D eigenvalue weighted by atomic mass is 9.64. The van der Waals surface area contributed by atoms with Crippen molar-refractivity contribution < 1.29 is 4.74 Å². The maximum Gasteiger partial charge on any atom is 0.0471 e. The SMILES string of the molecule is CCCOCCC1(CN)CCC(C)(C)CC1. The monoisotopic (exact) mass is 227 g/mol. The van der Waals surface area contributed by atoms with Crippen LogP contribution in [0.1, 0.15) is 59.3 Å². The van der Waals surface area contributed by atoms with Crippen LogP contribution in [0.2, 0.25) is 0 Å². The first-order valence-corrected chi connectivity index (χ1v) is 6.81. The molecule has 2 heteroatoms. The Hall–Kier alpha value is -0.0800. The second kappa shape index (κ2) is 6.02. The summed E-state index contributed by atoms with van der Waals surface area (Å²) in [7, 11) is 0. The van der Waals surface area contributed by atoms with E-state index < -0.39 is 0 Å². The minimum absolute atomic E-state index is 0.378. The van der Waals surface area contributed by atoms with Crippen molar-refractivity contribution in [3.05, 3.63) is 0 Å². The Bertz CT molecular complexity index is 191. The van der Waals surface area contributed by atoms with Gasteiger partial charge in [-0.05, 0) is 55.9 Å². The molecule has 0 saturated heterocycles. The number of hydrogen-bond donors (Lipinski definition) is 1. The third kappa shape index (κ3) is 4.06. The van der Waals surface area contributed by atoms with Crippen molar-refractivity contribution in [2.24, 2.45) is 16.6 Å². The van der Waals surface area contributed by atoms with Crippen LogP contribution < -0.4 is 5.73 Å². The molecule has 0 aliphatic heterocycles. The second-order valence-electron chi connectivity index (χ2n) is 6.23. The lowest BCUT2D eigenvalue weighted by Crippen LogP contribution is -2.38. The minimum atomic E-state index is 0.378. The van der Waals surface area contributed by atoms with Crippen LogP contribution in [-0.4, -0.2) is 19.8 Å². The zero-order valence-electron chi connectivity index (χ0n) is 11.3. The molecule has 0 bridgehead atoms. The normalized spacial score (nSPS) is 23.2. The molecule has 2 nitrogen and oxygen atoms in total. The molecule has 1 aliphatic rings. The van der Waals surface area contributed by atoms with Gasteiger partial charge in [0.2, 0.25) is 0 Å². The van der Waals surface area contributed by atoms with Crippen LogP contribution >= 0.6 is 0 Å². The van der Waals surface area contributed by atoms with Crippen molar-refractivity contribution in [3.8, 4) is 0 Å². The summed E-state index contributed by atoms with van der Waals surface area (Å²) < 4.78 is 5.61. The summed E-state index contributed by atoms with van der Waals surface area (Å²) in [5, 5.41) is 0. The maximum atomic E-state index is 5.99. The average molecular weight is 227 g/mol. The Morgan fingerprint density at radius 1 is 1.06 bits per heavy atom. The van der Waals surface area contributed by atoms with Crippen molar-refractivity contribution in [3.63, 3.8) is 0 Å². The first-order valence-electron chi connectivity index (χ1n) is 6.81. The highest BCUT2D eigenvalue weighted by Crippen LogP contribution is 2.46. The average Bonchev–Trinajstić information content (AvgIpc) is 2.27. The standard InChI is InChI=1S/C14H29NO/c1-4-10-16-11-9-14(12-15)7-5-13(2,3)6-8-14/h4-12,15H2,1-3H3. The molecule has 0 aromatic carbocycles. The number of ether oxygens (including phenoxy) is 1. The molecule has 0 unspecified atom stereocenters. The molecule has 0 spiro atoms. The quantitative estimate of drug-likeness (QED) is 0.706. The summed E-state index contributed by atoms with van der Waals surface area (Å²) in [6.07, 6.45) is 7.47. The maximum absolute atomic E-state index is 5.99. The van der Waals surface area contributed by atoms with Gasteiger partial charge in [0.15, 0.2) is 0 Å². The highest BCUT2D eigenvalue weighted by molar-refractivity contribution is 4.89. The summed E-state index contributed by atoms with van der Waals surface area (Å²) in [5.74, 6) is 0. The Morgan fingerprint density at radius 3 is 2.19 bits per heavy atom. The molecule has 0 radical (unpaired) electrons. The second-order valence-corrected chi connectivity index (χ2v) is 6.23. The van der Waals surface area contributed by atoms with E-state index in [4.69, 9.17) is 10.5 Å². The molecule has 0 aromatic heterocycles. The largest absolute Gasteiger partial charge is 0.381 e. The predicted molar refractivity (Wildman–Crippen MR) is 69.5 cm³/mol. The highest BCUT2D eigenvalue weighted by Gasteiger charge is 2.36. The summed E-state index contributed by atoms with van der Waals surface area (Å²) in [6.45, 7) is 9.53. The fourth-order valence-corrected chi connectivity index (χ4v) is 2.55. The van der Waals surface area contributed by atoms with Gasteiger partial charge in [-0.15, -0.1) is 0 Å². The molecule has 0 amide bonds. The molecule has 0 heterocycles. The fraction of sp³-hybridized carbons (Fsp3) is 1.00. The molecule has 1 aliphatic carbocycles. The molecule has 16 heavy (non-hydrogen) atoms. The van der Waals surface area contributed by atoms with Crippen LogP contribution in [0.4, 0.5) is 0 Å².